The molecule has 4 rings (SSSR count). The van der Waals surface area contributed by atoms with Crippen LogP contribution in [-0.4, -0.2) is 41.3 Å². The van der Waals surface area contributed by atoms with E-state index in [2.05, 4.69) is 0 Å². The van der Waals surface area contributed by atoms with Gasteiger partial charge >= 0.3 is 18.3 Å². The first-order valence-corrected chi connectivity index (χ1v) is 11.7. The number of carbonyl (C=O) groups is 1. The van der Waals surface area contributed by atoms with Gasteiger partial charge in [-0.3, -0.25) is 9.69 Å². The number of carboxylic acid groups (broad SMARTS) is 1. The molecule has 2 fully saturated rings. The molecule has 1 saturated carbocycles. The zero-order valence-corrected chi connectivity index (χ0v) is 19.0. The molecule has 10 heteroatoms. The minimum Gasteiger partial charge on any atom is -0.490 e. The lowest BCUT2D eigenvalue weighted by Crippen LogP contribution is -2.36. The number of fused-ring (bicyclic) bond motifs is 1. The molecule has 1 aliphatic heterocycles. The Morgan fingerprint density at radius 1 is 0.943 bits per heavy atom. The van der Waals surface area contributed by atoms with Crippen LogP contribution in [-0.2, 0) is 17.5 Å². The predicted octanol–water partition coefficient (Wildman–Crippen LogP) is 6.66. The van der Waals surface area contributed by atoms with Crippen LogP contribution >= 0.6 is 0 Å². The van der Waals surface area contributed by atoms with E-state index in [0.29, 0.717) is 36.9 Å². The second-order valence-corrected chi connectivity index (χ2v) is 9.47. The van der Waals surface area contributed by atoms with Gasteiger partial charge in [-0.25, -0.2) is 0 Å². The van der Waals surface area contributed by atoms with Gasteiger partial charge < -0.3 is 9.84 Å². The Morgan fingerprint density at radius 3 is 2.17 bits per heavy atom. The van der Waals surface area contributed by atoms with Gasteiger partial charge in [-0.15, -0.1) is 0 Å². The van der Waals surface area contributed by atoms with Gasteiger partial charge in [0.15, 0.2) is 0 Å². The predicted molar refractivity (Wildman–Crippen MR) is 117 cm³/mol. The monoisotopic (exact) mass is 503 g/mol. The molecule has 1 heterocycles. The van der Waals surface area contributed by atoms with Crippen LogP contribution in [0.2, 0.25) is 0 Å². The van der Waals surface area contributed by atoms with Gasteiger partial charge in [0.25, 0.3) is 0 Å². The minimum atomic E-state index is -4.73. The number of alkyl halides is 6. The first-order valence-electron chi connectivity index (χ1n) is 11.7. The molecule has 1 saturated heterocycles. The molecule has 0 amide bonds. The van der Waals surface area contributed by atoms with Crippen molar-refractivity contribution in [2.24, 2.45) is 11.8 Å². The Hall–Kier alpha value is -2.49. The molecule has 1 N–H and O–H groups in total. The summed E-state index contributed by atoms with van der Waals surface area (Å²) >= 11 is 0. The molecule has 4 nitrogen and oxygen atoms in total. The van der Waals surface area contributed by atoms with Crippen molar-refractivity contribution in [1.29, 1.82) is 0 Å². The van der Waals surface area contributed by atoms with Crippen LogP contribution in [0.15, 0.2) is 30.3 Å². The highest BCUT2D eigenvalue weighted by Gasteiger charge is 2.43. The number of nitrogens with zero attached hydrogens (tertiary/aromatic N) is 1. The first kappa shape index (κ1) is 25.6. The molecule has 1 aliphatic carbocycles. The highest BCUT2D eigenvalue weighted by Crippen LogP contribution is 2.45. The van der Waals surface area contributed by atoms with E-state index in [1.165, 1.54) is 6.07 Å². The van der Waals surface area contributed by atoms with Crippen molar-refractivity contribution >= 4 is 16.7 Å². The van der Waals surface area contributed by atoms with E-state index in [1.54, 1.807) is 24.3 Å². The highest BCUT2D eigenvalue weighted by atomic mass is 19.4. The fourth-order valence-corrected chi connectivity index (χ4v) is 5.21. The van der Waals surface area contributed by atoms with Gasteiger partial charge in [0.2, 0.25) is 0 Å². The molecule has 35 heavy (non-hydrogen) atoms. The summed E-state index contributed by atoms with van der Waals surface area (Å²) in [6.45, 7) is 1.16. The second kappa shape index (κ2) is 9.87. The van der Waals surface area contributed by atoms with Crippen molar-refractivity contribution in [1.82, 2.24) is 4.90 Å². The number of halogens is 6. The van der Waals surface area contributed by atoms with Gasteiger partial charge in [-0.05, 0) is 68.6 Å². The van der Waals surface area contributed by atoms with Gasteiger partial charge in [0, 0.05) is 11.9 Å². The maximum absolute atomic E-state index is 14.3. The number of ether oxygens (including phenoxy) is 1. The Labute approximate surface area is 198 Å². The lowest BCUT2D eigenvalue weighted by Gasteiger charge is -2.32. The van der Waals surface area contributed by atoms with Gasteiger partial charge in [-0.1, -0.05) is 24.3 Å². The number of piperidine rings is 1. The van der Waals surface area contributed by atoms with Crippen LogP contribution in [0.4, 0.5) is 26.3 Å². The van der Waals surface area contributed by atoms with Crippen molar-refractivity contribution in [3.05, 3.63) is 41.5 Å². The van der Waals surface area contributed by atoms with Crippen molar-refractivity contribution < 1.29 is 41.0 Å². The molecule has 2 aliphatic rings. The summed E-state index contributed by atoms with van der Waals surface area (Å²) in [5.74, 6) is -3.12. The molecule has 2 aromatic carbocycles. The third kappa shape index (κ3) is 5.85. The lowest BCUT2D eigenvalue weighted by atomic mass is 9.87. The summed E-state index contributed by atoms with van der Waals surface area (Å²) < 4.78 is 87.6. The summed E-state index contributed by atoms with van der Waals surface area (Å²) in [6, 6.07) is 7.69. The molecule has 0 spiro atoms. The number of hydrogen-bond acceptors (Lipinski definition) is 3. The Bertz CT molecular complexity index is 1050. The average Bonchev–Trinajstić information content (AvgIpc) is 2.78. The smallest absolute Gasteiger partial charge is 0.420 e. The standard InChI is InChI=1S/C25H27F6NO3/c26-24(27,28)18-5-7-19(8-6-18)35-20-9-4-15-2-1-3-17(21(15)22(20)25(29,30)31)14-32-12-10-16(11-13-32)23(33)34/h1-4,9,16,18-19H,5-8,10-14H2,(H,33,34). The largest absolute Gasteiger partial charge is 0.490 e. The normalized spacial score (nSPS) is 22.9. The summed E-state index contributed by atoms with van der Waals surface area (Å²) in [5.41, 5.74) is -0.459. The van der Waals surface area contributed by atoms with Crippen molar-refractivity contribution in [3.63, 3.8) is 0 Å². The highest BCUT2D eigenvalue weighted by molar-refractivity contribution is 5.91. The Balaban J connectivity index is 1.61. The van der Waals surface area contributed by atoms with E-state index in [9.17, 15) is 36.2 Å². The fourth-order valence-electron chi connectivity index (χ4n) is 5.21. The van der Waals surface area contributed by atoms with Crippen molar-refractivity contribution in [3.8, 4) is 5.75 Å². The average molecular weight is 503 g/mol. The van der Waals surface area contributed by atoms with Crippen LogP contribution in [0.1, 0.15) is 49.7 Å². The number of likely N-dealkylation sites (tertiary alicyclic amines) is 1. The third-order valence-corrected chi connectivity index (χ3v) is 7.14. The zero-order valence-electron chi connectivity index (χ0n) is 19.0. The van der Waals surface area contributed by atoms with Crippen LogP contribution in [0, 0.1) is 11.8 Å². The van der Waals surface area contributed by atoms with Crippen molar-refractivity contribution in [2.45, 2.75) is 63.5 Å². The molecule has 0 unspecified atom stereocenters. The zero-order chi connectivity index (χ0) is 25.4. The van der Waals surface area contributed by atoms with Crippen LogP contribution in [0.5, 0.6) is 5.75 Å². The fraction of sp³-hybridized carbons (Fsp3) is 0.560. The Kier molecular flexibility index (Phi) is 7.22. The van der Waals surface area contributed by atoms with E-state index in [4.69, 9.17) is 4.74 Å². The first-order chi connectivity index (χ1) is 16.4. The maximum Gasteiger partial charge on any atom is 0.420 e. The summed E-state index contributed by atoms with van der Waals surface area (Å²) in [7, 11) is 0. The number of aliphatic carboxylic acids is 1. The molecule has 2 aromatic rings. The molecule has 0 atom stereocenters. The number of benzene rings is 2. The summed E-state index contributed by atoms with van der Waals surface area (Å²) in [4.78, 5) is 13.1. The lowest BCUT2D eigenvalue weighted by molar-refractivity contribution is -0.185. The summed E-state index contributed by atoms with van der Waals surface area (Å²) in [5, 5.41) is 9.60. The van der Waals surface area contributed by atoms with E-state index in [1.807, 2.05) is 4.90 Å². The topological polar surface area (TPSA) is 49.8 Å². The van der Waals surface area contributed by atoms with Gasteiger partial charge in [0.1, 0.15) is 11.3 Å². The quantitative estimate of drug-likeness (QED) is 0.464. The molecular weight excluding hydrogens is 476 g/mol. The minimum absolute atomic E-state index is 0.0156. The van der Waals surface area contributed by atoms with Crippen LogP contribution in [0.3, 0.4) is 0 Å². The van der Waals surface area contributed by atoms with E-state index in [0.717, 1.165) is 0 Å². The van der Waals surface area contributed by atoms with Crippen LogP contribution in [0.25, 0.3) is 10.8 Å². The van der Waals surface area contributed by atoms with E-state index < -0.39 is 41.8 Å². The molecule has 0 radical (unpaired) electrons. The van der Waals surface area contributed by atoms with Crippen LogP contribution < -0.4 is 4.74 Å². The van der Waals surface area contributed by atoms with E-state index >= 15 is 0 Å². The SMILES string of the molecule is O=C(O)C1CCN(Cc2cccc3ccc(OC4CCC(C(F)(F)F)CC4)c(C(F)(F)F)c23)CC1. The molecule has 0 aromatic heterocycles. The molecular formula is C25H27F6NO3. The second-order valence-electron chi connectivity index (χ2n) is 9.47. The van der Waals surface area contributed by atoms with Crippen molar-refractivity contribution in [2.75, 3.05) is 13.1 Å². The van der Waals surface area contributed by atoms with Gasteiger partial charge in [0.05, 0.1) is 17.9 Å². The number of rotatable bonds is 5. The Morgan fingerprint density at radius 2 is 1.60 bits per heavy atom. The van der Waals surface area contributed by atoms with Gasteiger partial charge in [-0.2, -0.15) is 26.3 Å². The number of hydrogen-bond donors (Lipinski definition) is 1. The summed E-state index contributed by atoms with van der Waals surface area (Å²) in [6.07, 6.45) is -9.14. The molecule has 0 bridgehead atoms. The maximum atomic E-state index is 14.3. The van der Waals surface area contributed by atoms with E-state index in [-0.39, 0.29) is 43.4 Å². The third-order valence-electron chi connectivity index (χ3n) is 7.14. The number of carboxylic acids is 1. The molecule has 192 valence electrons.